The summed E-state index contributed by atoms with van der Waals surface area (Å²) < 4.78 is 5.16. The van der Waals surface area contributed by atoms with Crippen LogP contribution in [0.2, 0.25) is 0 Å². The van der Waals surface area contributed by atoms with Crippen LogP contribution in [-0.4, -0.2) is 11.8 Å². The van der Waals surface area contributed by atoms with E-state index in [-0.39, 0.29) is 17.7 Å². The van der Waals surface area contributed by atoms with Gasteiger partial charge < -0.3 is 15.1 Å². The molecule has 1 atom stereocenters. The van der Waals surface area contributed by atoms with Gasteiger partial charge in [-0.25, -0.2) is 0 Å². The van der Waals surface area contributed by atoms with Gasteiger partial charge in [-0.15, -0.1) is 0 Å². The Labute approximate surface area is 151 Å². The number of hydrogen-bond acceptors (Lipinski definition) is 3. The van der Waals surface area contributed by atoms with E-state index in [1.165, 1.54) is 0 Å². The Morgan fingerprint density at radius 1 is 1.19 bits per heavy atom. The average molecular weight is 346 g/mol. The molecular weight excluding hydrogens is 328 g/mol. The summed E-state index contributed by atoms with van der Waals surface area (Å²) in [4.78, 5) is 24.5. The molecule has 0 radical (unpaired) electrons. The Balaban J connectivity index is 1.61. The fourth-order valence-corrected chi connectivity index (χ4v) is 3.30. The fourth-order valence-electron chi connectivity index (χ4n) is 3.30. The summed E-state index contributed by atoms with van der Waals surface area (Å²) in [5.41, 5.74) is 4.97. The zero-order valence-corrected chi connectivity index (χ0v) is 14.3. The van der Waals surface area contributed by atoms with Crippen LogP contribution in [0.4, 0.5) is 11.4 Å². The summed E-state index contributed by atoms with van der Waals surface area (Å²) in [6, 6.07) is 14.9. The first-order valence-corrected chi connectivity index (χ1v) is 8.44. The topological polar surface area (TPSA) is 71.3 Å². The molecule has 1 aliphatic rings. The lowest BCUT2D eigenvalue weighted by atomic mass is 9.86. The van der Waals surface area contributed by atoms with E-state index in [0.29, 0.717) is 17.7 Å². The highest BCUT2D eigenvalue weighted by molar-refractivity contribution is 6.05. The number of rotatable bonds is 3. The molecule has 2 heterocycles. The maximum atomic E-state index is 12.4. The largest absolute Gasteiger partial charge is 0.472 e. The van der Waals surface area contributed by atoms with Crippen molar-refractivity contribution in [2.75, 3.05) is 10.6 Å². The first-order chi connectivity index (χ1) is 12.6. The second kappa shape index (κ2) is 6.52. The number of carbonyl (C=O) groups excluding carboxylic acids is 2. The van der Waals surface area contributed by atoms with Gasteiger partial charge in [0.15, 0.2) is 0 Å². The van der Waals surface area contributed by atoms with E-state index in [1.54, 1.807) is 24.7 Å². The van der Waals surface area contributed by atoms with Gasteiger partial charge in [-0.2, -0.15) is 0 Å². The minimum Gasteiger partial charge on any atom is -0.472 e. The highest BCUT2D eigenvalue weighted by atomic mass is 16.3. The molecular formula is C21H18N2O3. The van der Waals surface area contributed by atoms with Crippen LogP contribution in [0.5, 0.6) is 0 Å². The van der Waals surface area contributed by atoms with E-state index in [0.717, 1.165) is 22.4 Å². The number of benzene rings is 2. The van der Waals surface area contributed by atoms with Gasteiger partial charge >= 0.3 is 0 Å². The van der Waals surface area contributed by atoms with E-state index >= 15 is 0 Å². The molecule has 1 aliphatic heterocycles. The number of aryl methyl sites for hydroxylation is 1. The molecule has 0 aliphatic carbocycles. The van der Waals surface area contributed by atoms with Crippen molar-refractivity contribution in [3.63, 3.8) is 0 Å². The molecule has 5 nitrogen and oxygen atoms in total. The molecule has 4 rings (SSSR count). The number of anilines is 2. The molecule has 2 aromatic carbocycles. The van der Waals surface area contributed by atoms with E-state index in [4.69, 9.17) is 4.42 Å². The molecule has 0 spiro atoms. The summed E-state index contributed by atoms with van der Waals surface area (Å²) in [5, 5.41) is 5.78. The molecule has 0 saturated heterocycles. The van der Waals surface area contributed by atoms with Crippen molar-refractivity contribution in [3.8, 4) is 0 Å². The van der Waals surface area contributed by atoms with Gasteiger partial charge in [-0.3, -0.25) is 9.59 Å². The van der Waals surface area contributed by atoms with Crippen LogP contribution < -0.4 is 10.6 Å². The summed E-state index contributed by atoms with van der Waals surface area (Å²) in [5.74, 6) is -0.271. The van der Waals surface area contributed by atoms with Crippen LogP contribution in [0.3, 0.4) is 0 Å². The van der Waals surface area contributed by atoms with Crippen LogP contribution in [0, 0.1) is 6.92 Å². The Morgan fingerprint density at radius 3 is 2.85 bits per heavy atom. The van der Waals surface area contributed by atoms with E-state index in [1.807, 2.05) is 43.3 Å². The molecule has 1 aromatic heterocycles. The van der Waals surface area contributed by atoms with Gasteiger partial charge in [0.25, 0.3) is 5.91 Å². The Bertz CT molecular complexity index is 977. The molecule has 3 aromatic rings. The maximum absolute atomic E-state index is 12.4. The van der Waals surface area contributed by atoms with Crippen molar-refractivity contribution in [2.24, 2.45) is 0 Å². The lowest BCUT2D eigenvalue weighted by Crippen LogP contribution is -2.23. The third kappa shape index (κ3) is 3.11. The van der Waals surface area contributed by atoms with E-state index in [2.05, 4.69) is 10.6 Å². The van der Waals surface area contributed by atoms with Crippen LogP contribution in [0.1, 0.15) is 39.4 Å². The van der Waals surface area contributed by atoms with Gasteiger partial charge in [-0.1, -0.05) is 23.8 Å². The van der Waals surface area contributed by atoms with Crippen molar-refractivity contribution in [1.82, 2.24) is 0 Å². The van der Waals surface area contributed by atoms with Crippen molar-refractivity contribution in [2.45, 2.75) is 19.3 Å². The third-order valence-corrected chi connectivity index (χ3v) is 4.58. The molecule has 130 valence electrons. The van der Waals surface area contributed by atoms with Gasteiger partial charge in [0.05, 0.1) is 12.5 Å². The molecule has 0 bridgehead atoms. The Hall–Kier alpha value is -3.34. The lowest BCUT2D eigenvalue weighted by molar-refractivity contribution is -0.116. The maximum Gasteiger partial charge on any atom is 0.255 e. The van der Waals surface area contributed by atoms with E-state index in [9.17, 15) is 9.59 Å². The zero-order valence-electron chi connectivity index (χ0n) is 14.3. The van der Waals surface area contributed by atoms with Crippen LogP contribution in [0.15, 0.2) is 65.5 Å². The number of nitrogens with one attached hydrogen (secondary N) is 2. The predicted octanol–water partition coefficient (Wildman–Crippen LogP) is 4.31. The highest BCUT2D eigenvalue weighted by Gasteiger charge is 2.27. The Kier molecular flexibility index (Phi) is 4.05. The molecule has 0 unspecified atom stereocenters. The lowest BCUT2D eigenvalue weighted by Gasteiger charge is -2.25. The third-order valence-electron chi connectivity index (χ3n) is 4.58. The average Bonchev–Trinajstić information content (AvgIpc) is 3.15. The number of furan rings is 1. The molecule has 5 heteroatoms. The fraction of sp³-hybridized carbons (Fsp3) is 0.143. The van der Waals surface area contributed by atoms with Gasteiger partial charge in [0.1, 0.15) is 0 Å². The van der Waals surface area contributed by atoms with E-state index < -0.39 is 0 Å². The number of amides is 2. The normalized spacial score (nSPS) is 15.9. The second-order valence-electron chi connectivity index (χ2n) is 6.49. The van der Waals surface area contributed by atoms with Crippen molar-refractivity contribution < 1.29 is 14.0 Å². The first kappa shape index (κ1) is 16.1. The van der Waals surface area contributed by atoms with Crippen LogP contribution in [-0.2, 0) is 4.79 Å². The van der Waals surface area contributed by atoms with Crippen molar-refractivity contribution in [3.05, 3.63) is 83.3 Å². The minimum atomic E-state index is -0.179. The van der Waals surface area contributed by atoms with Crippen LogP contribution in [0.25, 0.3) is 0 Å². The minimum absolute atomic E-state index is 0.0426. The van der Waals surface area contributed by atoms with Gasteiger partial charge in [0, 0.05) is 29.3 Å². The molecule has 2 amide bonds. The smallest absolute Gasteiger partial charge is 0.255 e. The quantitative estimate of drug-likeness (QED) is 0.742. The molecule has 2 N–H and O–H groups in total. The summed E-state index contributed by atoms with van der Waals surface area (Å²) in [6.45, 7) is 1.95. The molecule has 26 heavy (non-hydrogen) atoms. The predicted molar refractivity (Wildman–Crippen MR) is 99.4 cm³/mol. The Morgan fingerprint density at radius 2 is 2.08 bits per heavy atom. The highest BCUT2D eigenvalue weighted by Crippen LogP contribution is 2.38. The first-order valence-electron chi connectivity index (χ1n) is 8.44. The molecule has 0 saturated carbocycles. The van der Waals surface area contributed by atoms with Gasteiger partial charge in [-0.05, 0) is 48.4 Å². The van der Waals surface area contributed by atoms with Gasteiger partial charge in [0.2, 0.25) is 5.91 Å². The number of carbonyl (C=O) groups is 2. The second-order valence-corrected chi connectivity index (χ2v) is 6.49. The standard InChI is InChI=1S/C21H18N2O3/c1-13-3-2-4-14(9-13)21(25)22-16-5-6-17-18(15-7-8-26-12-15)11-20(24)23-19(17)10-16/h2-10,12,18H,11H2,1H3,(H,22,25)(H,23,24)/t18-/m1/s1. The zero-order chi connectivity index (χ0) is 18.1. The van der Waals surface area contributed by atoms with Crippen LogP contribution >= 0.6 is 0 Å². The number of fused-ring (bicyclic) bond motifs is 1. The molecule has 0 fully saturated rings. The summed E-state index contributed by atoms with van der Waals surface area (Å²) in [7, 11) is 0. The number of hydrogen-bond donors (Lipinski definition) is 2. The summed E-state index contributed by atoms with van der Waals surface area (Å²) >= 11 is 0. The summed E-state index contributed by atoms with van der Waals surface area (Å²) in [6.07, 6.45) is 3.65. The van der Waals surface area contributed by atoms with Crippen molar-refractivity contribution >= 4 is 23.2 Å². The monoisotopic (exact) mass is 346 g/mol. The SMILES string of the molecule is Cc1cccc(C(=O)Nc2ccc3c(c2)NC(=O)C[C@@H]3c2ccoc2)c1. The van der Waals surface area contributed by atoms with Crippen molar-refractivity contribution in [1.29, 1.82) is 0 Å².